The summed E-state index contributed by atoms with van der Waals surface area (Å²) in [5.74, 6) is 1.80. The molecule has 1 rings (SSSR count). The van der Waals surface area contributed by atoms with Crippen LogP contribution in [-0.2, 0) is 9.47 Å². The maximum atomic E-state index is 6.02. The second-order valence-electron chi connectivity index (χ2n) is 5.21. The summed E-state index contributed by atoms with van der Waals surface area (Å²) in [6.45, 7) is 13.2. The Kier molecular flexibility index (Phi) is 4.60. The molecule has 0 aromatic rings. The summed E-state index contributed by atoms with van der Waals surface area (Å²) in [6.07, 6.45) is 1.67. The predicted octanol–water partition coefficient (Wildman–Crippen LogP) is 3.45. The lowest BCUT2D eigenvalue weighted by atomic mass is 9.78. The second kappa shape index (κ2) is 5.31. The highest BCUT2D eigenvalue weighted by Gasteiger charge is 2.38. The standard InChI is InChI=1S/C13H26O2/c1-7-12-10(5)9(4)11(6)13(15-12)14-8(2)3/h8-13H,7H2,1-6H3/t9?,10-,11-,12?,13?/m0/s1. The first-order valence-corrected chi connectivity index (χ1v) is 6.28. The Hall–Kier alpha value is -0.0800. The molecule has 2 heteroatoms. The van der Waals surface area contributed by atoms with Crippen molar-refractivity contribution in [2.45, 2.75) is 66.5 Å². The van der Waals surface area contributed by atoms with E-state index in [1.54, 1.807) is 0 Å². The molecule has 1 aliphatic heterocycles. The van der Waals surface area contributed by atoms with Gasteiger partial charge in [0.15, 0.2) is 6.29 Å². The molecule has 0 aromatic heterocycles. The van der Waals surface area contributed by atoms with E-state index in [4.69, 9.17) is 9.47 Å². The summed E-state index contributed by atoms with van der Waals surface area (Å²) in [7, 11) is 0. The van der Waals surface area contributed by atoms with Gasteiger partial charge in [0.2, 0.25) is 0 Å². The van der Waals surface area contributed by atoms with Gasteiger partial charge in [-0.1, -0.05) is 27.7 Å². The fraction of sp³-hybridized carbons (Fsp3) is 1.00. The molecule has 90 valence electrons. The van der Waals surface area contributed by atoms with Gasteiger partial charge in [0.25, 0.3) is 0 Å². The third-order valence-corrected chi connectivity index (χ3v) is 3.79. The summed E-state index contributed by atoms with van der Waals surface area (Å²) in [4.78, 5) is 0. The summed E-state index contributed by atoms with van der Waals surface area (Å²) in [5.41, 5.74) is 0. The molecule has 0 bridgehead atoms. The number of hydrogen-bond acceptors (Lipinski definition) is 2. The zero-order chi connectivity index (χ0) is 11.6. The van der Waals surface area contributed by atoms with E-state index < -0.39 is 0 Å². The molecule has 0 radical (unpaired) electrons. The first-order chi connectivity index (χ1) is 6.97. The largest absolute Gasteiger partial charge is 0.350 e. The Morgan fingerprint density at radius 3 is 2.13 bits per heavy atom. The van der Waals surface area contributed by atoms with Crippen molar-refractivity contribution in [2.24, 2.45) is 17.8 Å². The highest BCUT2D eigenvalue weighted by Crippen LogP contribution is 2.36. The molecule has 1 saturated heterocycles. The normalized spacial score (nSPS) is 42.2. The lowest BCUT2D eigenvalue weighted by Gasteiger charge is -2.43. The fourth-order valence-electron chi connectivity index (χ4n) is 2.38. The maximum absolute atomic E-state index is 6.02. The fourth-order valence-corrected chi connectivity index (χ4v) is 2.38. The van der Waals surface area contributed by atoms with E-state index in [2.05, 4.69) is 41.5 Å². The van der Waals surface area contributed by atoms with Crippen molar-refractivity contribution < 1.29 is 9.47 Å². The van der Waals surface area contributed by atoms with E-state index >= 15 is 0 Å². The zero-order valence-electron chi connectivity index (χ0n) is 11.0. The van der Waals surface area contributed by atoms with Gasteiger partial charge in [0, 0.05) is 5.92 Å². The highest BCUT2D eigenvalue weighted by molar-refractivity contribution is 4.82. The van der Waals surface area contributed by atoms with Gasteiger partial charge in [-0.2, -0.15) is 0 Å². The van der Waals surface area contributed by atoms with Crippen LogP contribution in [0.15, 0.2) is 0 Å². The zero-order valence-corrected chi connectivity index (χ0v) is 11.0. The van der Waals surface area contributed by atoms with Crippen LogP contribution in [-0.4, -0.2) is 18.5 Å². The third kappa shape index (κ3) is 2.94. The van der Waals surface area contributed by atoms with E-state index in [1.807, 2.05) is 0 Å². The monoisotopic (exact) mass is 214 g/mol. The number of hydrogen-bond donors (Lipinski definition) is 0. The van der Waals surface area contributed by atoms with Crippen LogP contribution in [0.1, 0.15) is 48.0 Å². The van der Waals surface area contributed by atoms with Crippen molar-refractivity contribution in [3.05, 3.63) is 0 Å². The van der Waals surface area contributed by atoms with E-state index in [1.165, 1.54) is 0 Å². The number of ether oxygens (including phenoxy) is 2. The first kappa shape index (κ1) is 13.0. The van der Waals surface area contributed by atoms with E-state index in [-0.39, 0.29) is 12.4 Å². The number of rotatable bonds is 3. The van der Waals surface area contributed by atoms with E-state index in [0.29, 0.717) is 23.9 Å². The van der Waals surface area contributed by atoms with Crippen molar-refractivity contribution >= 4 is 0 Å². The quantitative estimate of drug-likeness (QED) is 0.716. The van der Waals surface area contributed by atoms with Gasteiger partial charge >= 0.3 is 0 Å². The van der Waals surface area contributed by atoms with Crippen molar-refractivity contribution in [1.29, 1.82) is 0 Å². The highest BCUT2D eigenvalue weighted by atomic mass is 16.7. The molecule has 15 heavy (non-hydrogen) atoms. The van der Waals surface area contributed by atoms with E-state index in [0.717, 1.165) is 6.42 Å². The van der Waals surface area contributed by atoms with Crippen LogP contribution in [0, 0.1) is 17.8 Å². The molecule has 1 heterocycles. The molecule has 0 saturated carbocycles. The minimum absolute atomic E-state index is 0.0128. The molecule has 5 atom stereocenters. The Morgan fingerprint density at radius 2 is 1.67 bits per heavy atom. The third-order valence-electron chi connectivity index (χ3n) is 3.79. The Balaban J connectivity index is 2.65. The topological polar surface area (TPSA) is 18.5 Å². The molecule has 1 aliphatic rings. The SMILES string of the molecule is CCC1OC(OC(C)C)[C@@H](C)C(C)[C@@H]1C. The minimum atomic E-state index is -0.0128. The van der Waals surface area contributed by atoms with Crippen molar-refractivity contribution in [3.8, 4) is 0 Å². The van der Waals surface area contributed by atoms with Crippen LogP contribution in [0.5, 0.6) is 0 Å². The Morgan fingerprint density at radius 1 is 1.07 bits per heavy atom. The summed E-state index contributed by atoms with van der Waals surface area (Å²) >= 11 is 0. The Bertz CT molecular complexity index is 189. The molecule has 3 unspecified atom stereocenters. The summed E-state index contributed by atoms with van der Waals surface area (Å²) in [5, 5.41) is 0. The molecule has 0 aliphatic carbocycles. The van der Waals surface area contributed by atoms with Crippen LogP contribution >= 0.6 is 0 Å². The lowest BCUT2D eigenvalue weighted by molar-refractivity contribution is -0.259. The summed E-state index contributed by atoms with van der Waals surface area (Å²) in [6, 6.07) is 0. The van der Waals surface area contributed by atoms with Crippen LogP contribution < -0.4 is 0 Å². The van der Waals surface area contributed by atoms with Crippen molar-refractivity contribution in [2.75, 3.05) is 0 Å². The molecule has 0 aromatic carbocycles. The van der Waals surface area contributed by atoms with Crippen LogP contribution in [0.3, 0.4) is 0 Å². The van der Waals surface area contributed by atoms with Crippen molar-refractivity contribution in [1.82, 2.24) is 0 Å². The molecular formula is C13H26O2. The predicted molar refractivity (Wildman–Crippen MR) is 62.7 cm³/mol. The van der Waals surface area contributed by atoms with Gasteiger partial charge in [0.05, 0.1) is 12.2 Å². The average molecular weight is 214 g/mol. The Labute approximate surface area is 94.3 Å². The maximum Gasteiger partial charge on any atom is 0.161 e. The molecule has 2 nitrogen and oxygen atoms in total. The van der Waals surface area contributed by atoms with Gasteiger partial charge in [-0.3, -0.25) is 0 Å². The average Bonchev–Trinajstić information content (AvgIpc) is 2.18. The van der Waals surface area contributed by atoms with Crippen LogP contribution in [0.4, 0.5) is 0 Å². The second-order valence-corrected chi connectivity index (χ2v) is 5.21. The summed E-state index contributed by atoms with van der Waals surface area (Å²) < 4.78 is 11.9. The molecule has 0 spiro atoms. The lowest BCUT2D eigenvalue weighted by Crippen LogP contribution is -2.46. The van der Waals surface area contributed by atoms with Gasteiger partial charge in [0.1, 0.15) is 0 Å². The molecule has 0 N–H and O–H groups in total. The molecule has 0 amide bonds. The molecule has 1 fully saturated rings. The van der Waals surface area contributed by atoms with Crippen molar-refractivity contribution in [3.63, 3.8) is 0 Å². The van der Waals surface area contributed by atoms with Gasteiger partial charge in [-0.25, -0.2) is 0 Å². The van der Waals surface area contributed by atoms with Gasteiger partial charge in [-0.05, 0) is 32.1 Å². The van der Waals surface area contributed by atoms with Gasteiger partial charge in [-0.15, -0.1) is 0 Å². The smallest absolute Gasteiger partial charge is 0.161 e. The van der Waals surface area contributed by atoms with Crippen LogP contribution in [0.2, 0.25) is 0 Å². The molecular weight excluding hydrogens is 188 g/mol. The van der Waals surface area contributed by atoms with Gasteiger partial charge < -0.3 is 9.47 Å². The van der Waals surface area contributed by atoms with Crippen LogP contribution in [0.25, 0.3) is 0 Å². The minimum Gasteiger partial charge on any atom is -0.350 e. The van der Waals surface area contributed by atoms with E-state index in [9.17, 15) is 0 Å². The first-order valence-electron chi connectivity index (χ1n) is 6.28.